The van der Waals surface area contributed by atoms with E-state index in [9.17, 15) is 4.79 Å². The Morgan fingerprint density at radius 2 is 2.08 bits per heavy atom. The first-order valence-electron chi connectivity index (χ1n) is 8.01. The summed E-state index contributed by atoms with van der Waals surface area (Å²) >= 11 is 7.86. The molecule has 6 heteroatoms. The zero-order chi connectivity index (χ0) is 16.1. The SMILES string of the molecule is Cl.O=C(CSc1cccc2cccc(Cl)c12)NCCC1CCNC1. The molecule has 2 N–H and O–H groups in total. The minimum Gasteiger partial charge on any atom is -0.355 e. The average Bonchev–Trinajstić information content (AvgIpc) is 3.06. The Labute approximate surface area is 158 Å². The molecule has 3 rings (SSSR count). The maximum Gasteiger partial charge on any atom is 0.230 e. The maximum absolute atomic E-state index is 12.0. The van der Waals surface area contributed by atoms with Crippen LogP contribution in [0.3, 0.4) is 0 Å². The van der Waals surface area contributed by atoms with Gasteiger partial charge in [0.25, 0.3) is 0 Å². The number of fused-ring (bicyclic) bond motifs is 1. The van der Waals surface area contributed by atoms with Gasteiger partial charge in [-0.05, 0) is 49.4 Å². The molecule has 1 atom stereocenters. The van der Waals surface area contributed by atoms with E-state index in [1.165, 1.54) is 6.42 Å². The largest absolute Gasteiger partial charge is 0.355 e. The van der Waals surface area contributed by atoms with Gasteiger partial charge in [-0.2, -0.15) is 0 Å². The lowest BCUT2D eigenvalue weighted by molar-refractivity contribution is -0.118. The van der Waals surface area contributed by atoms with Gasteiger partial charge in [-0.25, -0.2) is 0 Å². The van der Waals surface area contributed by atoms with Crippen LogP contribution in [0.2, 0.25) is 5.02 Å². The summed E-state index contributed by atoms with van der Waals surface area (Å²) in [5.74, 6) is 1.22. The summed E-state index contributed by atoms with van der Waals surface area (Å²) in [6.07, 6.45) is 2.28. The molecule has 1 fully saturated rings. The lowest BCUT2D eigenvalue weighted by atomic mass is 10.1. The maximum atomic E-state index is 12.0. The molecule has 130 valence electrons. The van der Waals surface area contributed by atoms with Crippen LogP contribution in [0.5, 0.6) is 0 Å². The quantitative estimate of drug-likeness (QED) is 0.735. The van der Waals surface area contributed by atoms with Crippen molar-refractivity contribution >= 4 is 52.4 Å². The number of hydrogen-bond acceptors (Lipinski definition) is 3. The minimum absolute atomic E-state index is 0. The summed E-state index contributed by atoms with van der Waals surface area (Å²) in [6.45, 7) is 2.96. The van der Waals surface area contributed by atoms with E-state index >= 15 is 0 Å². The van der Waals surface area contributed by atoms with Crippen LogP contribution in [0.15, 0.2) is 41.3 Å². The molecule has 1 heterocycles. The predicted molar refractivity (Wildman–Crippen MR) is 106 cm³/mol. The first kappa shape index (κ1) is 19.4. The van der Waals surface area contributed by atoms with Crippen molar-refractivity contribution in [2.45, 2.75) is 17.7 Å². The Morgan fingerprint density at radius 3 is 2.83 bits per heavy atom. The monoisotopic (exact) mass is 384 g/mol. The smallest absolute Gasteiger partial charge is 0.230 e. The second-order valence-corrected chi connectivity index (χ2v) is 7.30. The fourth-order valence-corrected chi connectivity index (χ4v) is 4.23. The first-order valence-corrected chi connectivity index (χ1v) is 9.38. The van der Waals surface area contributed by atoms with Crippen LogP contribution in [-0.2, 0) is 4.79 Å². The molecule has 1 amide bonds. The van der Waals surface area contributed by atoms with E-state index in [0.29, 0.717) is 11.7 Å². The molecule has 0 radical (unpaired) electrons. The second kappa shape index (κ2) is 9.52. The molecule has 1 unspecified atom stereocenters. The van der Waals surface area contributed by atoms with Crippen LogP contribution >= 0.6 is 35.8 Å². The Balaban J connectivity index is 0.00000208. The summed E-state index contributed by atoms with van der Waals surface area (Å²) in [4.78, 5) is 13.1. The number of nitrogens with one attached hydrogen (secondary N) is 2. The van der Waals surface area contributed by atoms with Gasteiger partial charge in [0.2, 0.25) is 5.91 Å². The van der Waals surface area contributed by atoms with E-state index in [4.69, 9.17) is 11.6 Å². The zero-order valence-electron chi connectivity index (χ0n) is 13.4. The third-order valence-electron chi connectivity index (χ3n) is 4.21. The number of amides is 1. The second-order valence-electron chi connectivity index (χ2n) is 5.88. The highest BCUT2D eigenvalue weighted by Crippen LogP contribution is 2.33. The number of rotatable bonds is 6. The summed E-state index contributed by atoms with van der Waals surface area (Å²) in [5.41, 5.74) is 0. The van der Waals surface area contributed by atoms with Gasteiger partial charge < -0.3 is 10.6 Å². The number of benzene rings is 2. The molecule has 3 nitrogen and oxygen atoms in total. The van der Waals surface area contributed by atoms with Crippen molar-refractivity contribution in [1.82, 2.24) is 10.6 Å². The van der Waals surface area contributed by atoms with Crippen molar-refractivity contribution in [3.63, 3.8) is 0 Å². The van der Waals surface area contributed by atoms with Crippen LogP contribution < -0.4 is 10.6 Å². The van der Waals surface area contributed by atoms with Crippen molar-refractivity contribution < 1.29 is 4.79 Å². The van der Waals surface area contributed by atoms with Crippen LogP contribution in [0, 0.1) is 5.92 Å². The van der Waals surface area contributed by atoms with Gasteiger partial charge in [0, 0.05) is 21.8 Å². The van der Waals surface area contributed by atoms with Crippen molar-refractivity contribution in [2.24, 2.45) is 5.92 Å². The molecule has 24 heavy (non-hydrogen) atoms. The minimum atomic E-state index is 0. The highest BCUT2D eigenvalue weighted by molar-refractivity contribution is 8.00. The Bertz CT molecular complexity index is 685. The van der Waals surface area contributed by atoms with Gasteiger partial charge in [-0.15, -0.1) is 24.2 Å². The topological polar surface area (TPSA) is 41.1 Å². The molecule has 1 aliphatic heterocycles. The number of halogens is 2. The summed E-state index contributed by atoms with van der Waals surface area (Å²) in [5, 5.41) is 9.25. The zero-order valence-corrected chi connectivity index (χ0v) is 15.8. The Hall–Kier alpha value is -0.940. The molecule has 1 saturated heterocycles. The summed E-state index contributed by atoms with van der Waals surface area (Å²) in [7, 11) is 0. The Morgan fingerprint density at radius 1 is 1.29 bits per heavy atom. The van der Waals surface area contributed by atoms with E-state index in [1.54, 1.807) is 11.8 Å². The van der Waals surface area contributed by atoms with Gasteiger partial charge in [0.1, 0.15) is 0 Å². The van der Waals surface area contributed by atoms with Crippen molar-refractivity contribution in [2.75, 3.05) is 25.4 Å². The van der Waals surface area contributed by atoms with Gasteiger partial charge in [0.05, 0.1) is 5.75 Å². The molecule has 0 saturated carbocycles. The molecule has 0 aromatic heterocycles. The Kier molecular flexibility index (Phi) is 7.69. The molecule has 2 aromatic carbocycles. The van der Waals surface area contributed by atoms with Crippen LogP contribution in [0.4, 0.5) is 0 Å². The van der Waals surface area contributed by atoms with E-state index in [0.717, 1.165) is 46.7 Å². The standard InChI is InChI=1S/C18H21ClN2OS.ClH/c19-15-5-1-3-14-4-2-6-16(18(14)15)23-12-17(22)21-10-8-13-7-9-20-11-13;/h1-6,13,20H,7-12H2,(H,21,22);1H. The molecular formula is C18H22Cl2N2OS. The fraction of sp³-hybridized carbons (Fsp3) is 0.389. The number of carbonyl (C=O) groups is 1. The first-order chi connectivity index (χ1) is 11.2. The molecule has 0 spiro atoms. The normalized spacial score (nSPS) is 16.8. The van der Waals surface area contributed by atoms with E-state index in [-0.39, 0.29) is 18.3 Å². The van der Waals surface area contributed by atoms with Gasteiger partial charge >= 0.3 is 0 Å². The molecule has 0 aliphatic carbocycles. The number of thioether (sulfide) groups is 1. The lowest BCUT2D eigenvalue weighted by Crippen LogP contribution is -2.27. The lowest BCUT2D eigenvalue weighted by Gasteiger charge is -2.10. The van der Waals surface area contributed by atoms with E-state index < -0.39 is 0 Å². The number of carbonyl (C=O) groups excluding carboxylic acids is 1. The number of hydrogen-bond donors (Lipinski definition) is 2. The molecule has 1 aliphatic rings. The average molecular weight is 385 g/mol. The third-order valence-corrected chi connectivity index (χ3v) is 5.58. The van der Waals surface area contributed by atoms with E-state index in [1.807, 2.05) is 36.4 Å². The summed E-state index contributed by atoms with van der Waals surface area (Å²) in [6, 6.07) is 12.0. The van der Waals surface area contributed by atoms with Crippen LogP contribution in [0.25, 0.3) is 10.8 Å². The van der Waals surface area contributed by atoms with Crippen LogP contribution in [-0.4, -0.2) is 31.3 Å². The fourth-order valence-electron chi connectivity index (χ4n) is 2.95. The highest BCUT2D eigenvalue weighted by atomic mass is 35.5. The van der Waals surface area contributed by atoms with Gasteiger partial charge in [0.15, 0.2) is 0 Å². The van der Waals surface area contributed by atoms with Crippen molar-refractivity contribution in [3.05, 3.63) is 41.4 Å². The predicted octanol–water partition coefficient (Wildman–Crippen LogP) is 4.12. The van der Waals surface area contributed by atoms with Crippen molar-refractivity contribution in [3.8, 4) is 0 Å². The van der Waals surface area contributed by atoms with Crippen molar-refractivity contribution in [1.29, 1.82) is 0 Å². The molecule has 2 aromatic rings. The van der Waals surface area contributed by atoms with E-state index in [2.05, 4.69) is 10.6 Å². The molecular weight excluding hydrogens is 363 g/mol. The van der Waals surface area contributed by atoms with Gasteiger partial charge in [-0.3, -0.25) is 4.79 Å². The summed E-state index contributed by atoms with van der Waals surface area (Å²) < 4.78 is 0. The third kappa shape index (κ3) is 5.03. The van der Waals surface area contributed by atoms with Crippen LogP contribution in [0.1, 0.15) is 12.8 Å². The highest BCUT2D eigenvalue weighted by Gasteiger charge is 2.14. The van der Waals surface area contributed by atoms with Gasteiger partial charge in [-0.1, -0.05) is 35.9 Å². The molecule has 0 bridgehead atoms.